The van der Waals surface area contributed by atoms with Crippen LogP contribution in [-0.4, -0.2) is 73.7 Å². The maximum atomic E-state index is 13.6. The molecule has 0 saturated carbocycles. The molecule has 5 heterocycles. The number of likely N-dealkylation sites (N-methyl/N-ethyl adjacent to an activating group) is 1. The third kappa shape index (κ3) is 5.29. The molecular weight excluding hydrogens is 710 g/mol. The second kappa shape index (κ2) is 12.3. The van der Waals surface area contributed by atoms with Gasteiger partial charge in [-0.3, -0.25) is 33.2 Å². The van der Waals surface area contributed by atoms with E-state index in [9.17, 15) is 28.0 Å². The summed E-state index contributed by atoms with van der Waals surface area (Å²) in [5.41, 5.74) is 3.44. The summed E-state index contributed by atoms with van der Waals surface area (Å²) in [7, 11) is 2.12. The molecule has 0 spiro atoms. The van der Waals surface area contributed by atoms with Crippen molar-refractivity contribution in [2.24, 2.45) is 0 Å². The number of fused-ring (bicyclic) bond motifs is 8. The van der Waals surface area contributed by atoms with E-state index in [0.29, 0.717) is 38.5 Å². The van der Waals surface area contributed by atoms with Crippen molar-refractivity contribution in [3.63, 3.8) is 0 Å². The third-order valence-corrected chi connectivity index (χ3v) is 9.96. The number of benzene rings is 4. The first kappa shape index (κ1) is 32.0. The lowest BCUT2D eigenvalue weighted by Gasteiger charge is -2.32. The van der Waals surface area contributed by atoms with Gasteiger partial charge < -0.3 is 4.90 Å². The van der Waals surface area contributed by atoms with Gasteiger partial charge in [0, 0.05) is 38.1 Å². The summed E-state index contributed by atoms with van der Waals surface area (Å²) in [6.45, 7) is 4.81. The smallest absolute Gasteiger partial charge is 0.266 e. The molecule has 50 heavy (non-hydrogen) atoms. The molecule has 0 amide bonds. The number of carbonyl (C=O) groups excluding carboxylic acids is 2. The van der Waals surface area contributed by atoms with Crippen LogP contribution >= 0.6 is 15.9 Å². The molecule has 10 nitrogen and oxygen atoms in total. The molecule has 0 atom stereocenters. The van der Waals surface area contributed by atoms with Gasteiger partial charge in [-0.05, 0) is 78.8 Å². The van der Waals surface area contributed by atoms with Crippen LogP contribution in [0.3, 0.4) is 0 Å². The Bertz CT molecular complexity index is 2560. The first-order chi connectivity index (χ1) is 24.1. The summed E-state index contributed by atoms with van der Waals surface area (Å²) in [4.78, 5) is 64.2. The number of nitrogens with zero attached hydrogens (tertiary/aromatic N) is 6. The maximum Gasteiger partial charge on any atom is 0.266 e. The highest BCUT2D eigenvalue weighted by molar-refractivity contribution is 9.08. The van der Waals surface area contributed by atoms with Crippen LogP contribution in [0.2, 0.25) is 0 Å². The van der Waals surface area contributed by atoms with E-state index in [4.69, 9.17) is 0 Å². The molecule has 1 saturated heterocycles. The fourth-order valence-corrected chi connectivity index (χ4v) is 7.02. The van der Waals surface area contributed by atoms with Gasteiger partial charge in [0.2, 0.25) is 11.6 Å². The average molecular weight is 738 g/mol. The zero-order chi connectivity index (χ0) is 34.8. The van der Waals surface area contributed by atoms with E-state index in [2.05, 4.69) is 42.7 Å². The van der Waals surface area contributed by atoms with Crippen LogP contribution in [0.4, 0.5) is 8.78 Å². The van der Waals surface area contributed by atoms with Gasteiger partial charge in [0.05, 0.1) is 44.3 Å². The standard InChI is InChI=1S/C21H19FN4O2.C16H8BrFN2O2/c1-24-6-8-25(9-7-24)12-13-2-4-17-15(10-13)21(28)26-18-5-3-14(22)11-16(18)19(27)20(26)23-17;17-7-8-1-3-12-10(5-8)16(22)20-13-4-2-9(18)6-11(13)14(21)15(20)19-12/h2-5,10-11H,6-9,12H2,1H3;1-6H,7H2. The summed E-state index contributed by atoms with van der Waals surface area (Å²) in [5, 5.41) is 1.52. The van der Waals surface area contributed by atoms with Crippen molar-refractivity contribution in [2.75, 3.05) is 33.2 Å². The minimum absolute atomic E-state index is 0.0321. The summed E-state index contributed by atoms with van der Waals surface area (Å²) >= 11 is 3.35. The van der Waals surface area contributed by atoms with E-state index >= 15 is 0 Å². The van der Waals surface area contributed by atoms with Gasteiger partial charge >= 0.3 is 0 Å². The van der Waals surface area contributed by atoms with Crippen molar-refractivity contribution in [3.8, 4) is 11.4 Å². The minimum atomic E-state index is -0.515. The third-order valence-electron chi connectivity index (χ3n) is 9.32. The Morgan fingerprint density at radius 3 is 1.62 bits per heavy atom. The molecule has 6 aromatic rings. The number of hydrogen-bond acceptors (Lipinski definition) is 8. The number of alkyl halides is 1. The highest BCUT2D eigenvalue weighted by Gasteiger charge is 2.32. The summed E-state index contributed by atoms with van der Waals surface area (Å²) in [5.74, 6) is -1.80. The summed E-state index contributed by atoms with van der Waals surface area (Å²) < 4.78 is 29.5. The van der Waals surface area contributed by atoms with E-state index in [1.807, 2.05) is 18.2 Å². The van der Waals surface area contributed by atoms with E-state index in [0.717, 1.165) is 56.0 Å². The van der Waals surface area contributed by atoms with Crippen LogP contribution in [0, 0.1) is 11.6 Å². The van der Waals surface area contributed by atoms with Crippen molar-refractivity contribution in [1.82, 2.24) is 28.9 Å². The molecular formula is C37H27BrF2N6O4. The summed E-state index contributed by atoms with van der Waals surface area (Å²) in [6, 6.07) is 18.6. The average Bonchev–Trinajstić information content (AvgIpc) is 3.55. The van der Waals surface area contributed by atoms with E-state index < -0.39 is 23.2 Å². The van der Waals surface area contributed by atoms with Gasteiger partial charge in [0.25, 0.3) is 11.1 Å². The van der Waals surface area contributed by atoms with Crippen LogP contribution < -0.4 is 11.1 Å². The Kier molecular flexibility index (Phi) is 7.85. The highest BCUT2D eigenvalue weighted by Crippen LogP contribution is 2.29. The number of carbonyl (C=O) groups is 2. The Balaban J connectivity index is 0.000000149. The van der Waals surface area contributed by atoms with E-state index in [1.165, 1.54) is 33.4 Å². The molecule has 0 bridgehead atoms. The van der Waals surface area contributed by atoms with Gasteiger partial charge in [-0.25, -0.2) is 18.7 Å². The van der Waals surface area contributed by atoms with Crippen LogP contribution in [0.1, 0.15) is 43.5 Å². The summed E-state index contributed by atoms with van der Waals surface area (Å²) in [6.07, 6.45) is 0. The molecule has 0 aliphatic carbocycles. The normalized spacial score (nSPS) is 15.1. The van der Waals surface area contributed by atoms with Crippen molar-refractivity contribution < 1.29 is 18.4 Å². The van der Waals surface area contributed by atoms with Crippen LogP contribution in [0.15, 0.2) is 82.4 Å². The molecule has 4 aromatic carbocycles. The van der Waals surface area contributed by atoms with Crippen molar-refractivity contribution in [3.05, 3.63) is 139 Å². The fraction of sp³-hybridized carbons (Fsp3) is 0.189. The maximum absolute atomic E-state index is 13.6. The molecule has 0 unspecified atom stereocenters. The predicted molar refractivity (Wildman–Crippen MR) is 187 cm³/mol. The highest BCUT2D eigenvalue weighted by atomic mass is 79.9. The first-order valence-electron chi connectivity index (χ1n) is 15.9. The van der Waals surface area contributed by atoms with Crippen molar-refractivity contribution in [1.29, 1.82) is 0 Å². The lowest BCUT2D eigenvalue weighted by molar-refractivity contribution is 0.102. The quantitative estimate of drug-likeness (QED) is 0.239. The molecule has 250 valence electrons. The minimum Gasteiger partial charge on any atom is -0.304 e. The molecule has 0 radical (unpaired) electrons. The second-order valence-electron chi connectivity index (χ2n) is 12.5. The number of rotatable bonds is 3. The van der Waals surface area contributed by atoms with Crippen molar-refractivity contribution in [2.45, 2.75) is 11.9 Å². The molecule has 0 N–H and O–H groups in total. The number of aromatic nitrogens is 4. The topological polar surface area (TPSA) is 110 Å². The molecule has 3 aliphatic rings. The lowest BCUT2D eigenvalue weighted by Crippen LogP contribution is -2.43. The molecule has 2 aromatic heterocycles. The molecule has 1 fully saturated rings. The Morgan fingerprint density at radius 2 is 1.12 bits per heavy atom. The van der Waals surface area contributed by atoms with Gasteiger partial charge in [-0.1, -0.05) is 28.1 Å². The fourth-order valence-electron chi connectivity index (χ4n) is 6.67. The number of hydrogen-bond donors (Lipinski definition) is 0. The van der Waals surface area contributed by atoms with Crippen LogP contribution in [0.25, 0.3) is 33.2 Å². The van der Waals surface area contributed by atoms with E-state index in [-0.39, 0.29) is 33.9 Å². The van der Waals surface area contributed by atoms with Crippen LogP contribution in [-0.2, 0) is 11.9 Å². The van der Waals surface area contributed by atoms with Crippen LogP contribution in [0.5, 0.6) is 0 Å². The zero-order valence-electron chi connectivity index (χ0n) is 26.6. The van der Waals surface area contributed by atoms with Crippen molar-refractivity contribution >= 4 is 49.3 Å². The Labute approximate surface area is 291 Å². The van der Waals surface area contributed by atoms with Gasteiger partial charge in [-0.15, -0.1) is 0 Å². The van der Waals surface area contributed by atoms with E-state index in [1.54, 1.807) is 18.2 Å². The molecule has 3 aliphatic heterocycles. The second-order valence-corrected chi connectivity index (χ2v) is 13.1. The predicted octanol–water partition coefficient (Wildman–Crippen LogP) is 4.78. The Morgan fingerprint density at radius 1 is 0.640 bits per heavy atom. The molecule has 13 heteroatoms. The number of halogens is 3. The number of piperazine rings is 1. The molecule has 9 rings (SSSR count). The van der Waals surface area contributed by atoms with Gasteiger partial charge in [-0.2, -0.15) is 0 Å². The largest absolute Gasteiger partial charge is 0.304 e. The number of ketones is 2. The Hall–Kier alpha value is -5.24. The zero-order valence-corrected chi connectivity index (χ0v) is 28.2. The monoisotopic (exact) mass is 736 g/mol. The SMILES string of the molecule is CN1CCN(Cc2ccc3nc4n(c(=O)c3c2)-c2ccc(F)cc2C4=O)CC1.O=C1c2cc(F)ccc2-n2c1nc1ccc(CBr)cc1c2=O. The first-order valence-corrected chi connectivity index (χ1v) is 17.0. The van der Waals surface area contributed by atoms with Gasteiger partial charge in [0.1, 0.15) is 11.6 Å². The lowest BCUT2D eigenvalue weighted by atomic mass is 10.1. The van der Waals surface area contributed by atoms with Gasteiger partial charge in [0.15, 0.2) is 11.6 Å².